The second-order valence-electron chi connectivity index (χ2n) is 6.72. The molecular weight excluding hydrogens is 378 g/mol. The maximum Gasteiger partial charge on any atom is 0.251 e. The number of carbonyl (C=O) groups is 2. The number of primary sulfonamides is 1. The fraction of sp³-hybridized carbons (Fsp3) is 0.300. The van der Waals surface area contributed by atoms with Crippen LogP contribution in [0.4, 0.5) is 5.69 Å². The van der Waals surface area contributed by atoms with Gasteiger partial charge in [-0.15, -0.1) is 0 Å². The SMILES string of the molecule is CCC(C)C(NC(=O)c1ccccc1)C(=O)Nc1ccc(C)c(S(N)(=O)=O)c1. The monoisotopic (exact) mass is 403 g/mol. The van der Waals surface area contributed by atoms with E-state index in [9.17, 15) is 18.0 Å². The van der Waals surface area contributed by atoms with E-state index < -0.39 is 22.0 Å². The number of amides is 2. The Morgan fingerprint density at radius 3 is 2.32 bits per heavy atom. The average Bonchev–Trinajstić information content (AvgIpc) is 2.66. The van der Waals surface area contributed by atoms with E-state index in [1.165, 1.54) is 6.07 Å². The van der Waals surface area contributed by atoms with Gasteiger partial charge < -0.3 is 10.6 Å². The Bertz CT molecular complexity index is 959. The maximum absolute atomic E-state index is 12.8. The van der Waals surface area contributed by atoms with Crippen LogP contribution >= 0.6 is 0 Å². The lowest BCUT2D eigenvalue weighted by atomic mass is 9.97. The van der Waals surface area contributed by atoms with E-state index in [1.807, 2.05) is 13.8 Å². The molecule has 8 heteroatoms. The Morgan fingerprint density at radius 1 is 1.11 bits per heavy atom. The van der Waals surface area contributed by atoms with Crippen molar-refractivity contribution in [2.75, 3.05) is 5.32 Å². The second kappa shape index (κ2) is 8.99. The third-order valence-electron chi connectivity index (χ3n) is 4.58. The van der Waals surface area contributed by atoms with Crippen molar-refractivity contribution in [1.82, 2.24) is 5.32 Å². The van der Waals surface area contributed by atoms with Gasteiger partial charge in [0.15, 0.2) is 0 Å². The van der Waals surface area contributed by atoms with Crippen LogP contribution in [0.15, 0.2) is 53.4 Å². The van der Waals surface area contributed by atoms with Gasteiger partial charge in [0.25, 0.3) is 5.91 Å². The molecule has 0 spiro atoms. The summed E-state index contributed by atoms with van der Waals surface area (Å²) < 4.78 is 23.4. The molecule has 2 aromatic carbocycles. The number of nitrogens with two attached hydrogens (primary N) is 1. The zero-order valence-electron chi connectivity index (χ0n) is 16.1. The van der Waals surface area contributed by atoms with Gasteiger partial charge in [0.2, 0.25) is 15.9 Å². The summed E-state index contributed by atoms with van der Waals surface area (Å²) in [6, 6.07) is 12.3. The number of aryl methyl sites for hydroxylation is 1. The van der Waals surface area contributed by atoms with E-state index in [-0.39, 0.29) is 16.7 Å². The van der Waals surface area contributed by atoms with Crippen LogP contribution in [-0.4, -0.2) is 26.3 Å². The highest BCUT2D eigenvalue weighted by molar-refractivity contribution is 7.89. The van der Waals surface area contributed by atoms with Crippen LogP contribution in [0.3, 0.4) is 0 Å². The molecule has 2 aromatic rings. The van der Waals surface area contributed by atoms with E-state index in [1.54, 1.807) is 49.4 Å². The number of nitrogens with one attached hydrogen (secondary N) is 2. The van der Waals surface area contributed by atoms with Crippen LogP contribution < -0.4 is 15.8 Å². The van der Waals surface area contributed by atoms with Gasteiger partial charge in [-0.1, -0.05) is 44.5 Å². The molecule has 0 bridgehead atoms. The molecular formula is C20H25N3O4S. The smallest absolute Gasteiger partial charge is 0.251 e. The molecule has 7 nitrogen and oxygen atoms in total. The minimum atomic E-state index is -3.91. The highest BCUT2D eigenvalue weighted by Gasteiger charge is 2.26. The van der Waals surface area contributed by atoms with E-state index in [0.717, 1.165) is 0 Å². The molecule has 2 unspecified atom stereocenters. The summed E-state index contributed by atoms with van der Waals surface area (Å²) >= 11 is 0. The van der Waals surface area contributed by atoms with Crippen molar-refractivity contribution in [3.05, 3.63) is 59.7 Å². The van der Waals surface area contributed by atoms with Crippen molar-refractivity contribution in [1.29, 1.82) is 0 Å². The summed E-state index contributed by atoms with van der Waals surface area (Å²) in [4.78, 5) is 25.2. The van der Waals surface area contributed by atoms with Crippen LogP contribution in [0.5, 0.6) is 0 Å². The largest absolute Gasteiger partial charge is 0.340 e. The zero-order chi connectivity index (χ0) is 20.9. The molecule has 0 aliphatic carbocycles. The van der Waals surface area contributed by atoms with Crippen LogP contribution in [0.25, 0.3) is 0 Å². The van der Waals surface area contributed by atoms with Crippen LogP contribution in [-0.2, 0) is 14.8 Å². The summed E-state index contributed by atoms with van der Waals surface area (Å²) in [7, 11) is -3.91. The summed E-state index contributed by atoms with van der Waals surface area (Å²) in [6.45, 7) is 5.40. The standard InChI is InChI=1S/C20H25N3O4S/c1-4-13(2)18(23-19(24)15-8-6-5-7-9-15)20(25)22-16-11-10-14(3)17(12-16)28(21,26)27/h5-13,18H,4H2,1-3H3,(H,22,25)(H,23,24)(H2,21,26,27). The number of benzene rings is 2. The van der Waals surface area contributed by atoms with Crippen molar-refractivity contribution in [2.24, 2.45) is 11.1 Å². The topological polar surface area (TPSA) is 118 Å². The van der Waals surface area contributed by atoms with Crippen molar-refractivity contribution in [3.63, 3.8) is 0 Å². The van der Waals surface area contributed by atoms with Crippen LogP contribution in [0.1, 0.15) is 36.2 Å². The molecule has 4 N–H and O–H groups in total. The maximum atomic E-state index is 12.8. The molecule has 150 valence electrons. The Balaban J connectivity index is 2.23. The number of rotatable bonds is 7. The summed E-state index contributed by atoms with van der Waals surface area (Å²) in [6.07, 6.45) is 0.670. The number of hydrogen-bond donors (Lipinski definition) is 3. The molecule has 0 aromatic heterocycles. The summed E-state index contributed by atoms with van der Waals surface area (Å²) in [5, 5.41) is 10.7. The number of hydrogen-bond acceptors (Lipinski definition) is 4. The molecule has 0 radical (unpaired) electrons. The van der Waals surface area contributed by atoms with E-state index in [2.05, 4.69) is 10.6 Å². The third-order valence-corrected chi connectivity index (χ3v) is 5.63. The normalized spacial score (nSPS) is 13.4. The van der Waals surface area contributed by atoms with Gasteiger partial charge in [0, 0.05) is 11.3 Å². The first kappa shape index (κ1) is 21.6. The Kier molecular flexibility index (Phi) is 6.93. The van der Waals surface area contributed by atoms with Gasteiger partial charge in [-0.05, 0) is 42.7 Å². The minimum absolute atomic E-state index is 0.0567. The molecule has 2 atom stereocenters. The quantitative estimate of drug-likeness (QED) is 0.658. The summed E-state index contributed by atoms with van der Waals surface area (Å²) in [5.74, 6) is -0.908. The third kappa shape index (κ3) is 5.40. The predicted octanol–water partition coefficient (Wildman–Crippen LogP) is 2.43. The van der Waals surface area contributed by atoms with Gasteiger partial charge in [-0.2, -0.15) is 0 Å². The minimum Gasteiger partial charge on any atom is -0.340 e. The van der Waals surface area contributed by atoms with E-state index in [4.69, 9.17) is 5.14 Å². The molecule has 2 amide bonds. The average molecular weight is 404 g/mol. The van der Waals surface area contributed by atoms with Gasteiger partial charge in [0.05, 0.1) is 4.90 Å². The molecule has 0 fully saturated rings. The molecule has 2 rings (SSSR count). The van der Waals surface area contributed by atoms with Gasteiger partial charge in [0.1, 0.15) is 6.04 Å². The molecule has 0 saturated carbocycles. The first-order valence-corrected chi connectivity index (χ1v) is 10.5. The fourth-order valence-electron chi connectivity index (χ4n) is 2.72. The van der Waals surface area contributed by atoms with Gasteiger partial charge in [-0.25, -0.2) is 13.6 Å². The lowest BCUT2D eigenvalue weighted by Gasteiger charge is -2.24. The van der Waals surface area contributed by atoms with E-state index in [0.29, 0.717) is 23.2 Å². The first-order valence-electron chi connectivity index (χ1n) is 8.93. The lowest BCUT2D eigenvalue weighted by Crippen LogP contribution is -2.47. The van der Waals surface area contributed by atoms with E-state index >= 15 is 0 Å². The second-order valence-corrected chi connectivity index (χ2v) is 8.25. The molecule has 0 heterocycles. The van der Waals surface area contributed by atoms with Crippen molar-refractivity contribution in [3.8, 4) is 0 Å². The predicted molar refractivity (Wildman–Crippen MR) is 108 cm³/mol. The molecule has 0 saturated heterocycles. The Labute approximate surface area is 165 Å². The number of anilines is 1. The number of sulfonamides is 1. The zero-order valence-corrected chi connectivity index (χ0v) is 16.9. The van der Waals surface area contributed by atoms with Gasteiger partial charge >= 0.3 is 0 Å². The highest BCUT2D eigenvalue weighted by Crippen LogP contribution is 2.20. The number of carbonyl (C=O) groups excluding carboxylic acids is 2. The highest BCUT2D eigenvalue weighted by atomic mass is 32.2. The Morgan fingerprint density at radius 2 is 1.75 bits per heavy atom. The van der Waals surface area contributed by atoms with Gasteiger partial charge in [-0.3, -0.25) is 9.59 Å². The molecule has 28 heavy (non-hydrogen) atoms. The van der Waals surface area contributed by atoms with Crippen molar-refractivity contribution >= 4 is 27.5 Å². The van der Waals surface area contributed by atoms with Crippen LogP contribution in [0, 0.1) is 12.8 Å². The molecule has 0 aliphatic rings. The molecule has 0 aliphatic heterocycles. The van der Waals surface area contributed by atoms with Crippen LogP contribution in [0.2, 0.25) is 0 Å². The lowest BCUT2D eigenvalue weighted by molar-refractivity contribution is -0.119. The first-order chi connectivity index (χ1) is 13.1. The van der Waals surface area contributed by atoms with Crippen molar-refractivity contribution in [2.45, 2.75) is 38.1 Å². The van der Waals surface area contributed by atoms with Crippen molar-refractivity contribution < 1.29 is 18.0 Å². The fourth-order valence-corrected chi connectivity index (χ4v) is 3.53. The summed E-state index contributed by atoms with van der Waals surface area (Å²) in [5.41, 5.74) is 1.23. The Hall–Kier alpha value is -2.71.